The molecule has 0 aliphatic carbocycles. The zero-order valence-electron chi connectivity index (χ0n) is 19.2. The molecule has 9 nitrogen and oxygen atoms in total. The van der Waals surface area contributed by atoms with Crippen LogP contribution in [0.15, 0.2) is 30.7 Å². The third kappa shape index (κ3) is 3.77. The van der Waals surface area contributed by atoms with Gasteiger partial charge in [0, 0.05) is 24.4 Å². The van der Waals surface area contributed by atoms with Gasteiger partial charge in [-0.1, -0.05) is 0 Å². The van der Waals surface area contributed by atoms with Gasteiger partial charge in [0.2, 0.25) is 0 Å². The molecule has 0 saturated carbocycles. The molecule has 0 bridgehead atoms. The maximum Gasteiger partial charge on any atom is 0.408 e. The standard InChI is InChI=1S/C23H22F3N5O4/c1-13-7-16(14-8-17(33-2)20(34-3)27-9-14)29-19-18(13)21(32)31(22(19)5-4-6-35-22)15-10-28-30(11-15)12-23(24,25)26/h7-11H,4-6,12H2,1-3H3. The Labute approximate surface area is 198 Å². The Morgan fingerprint density at radius 1 is 1.20 bits per heavy atom. The monoisotopic (exact) mass is 489 g/mol. The number of pyridine rings is 2. The Morgan fingerprint density at radius 3 is 2.66 bits per heavy atom. The number of aryl methyl sites for hydroxylation is 1. The van der Waals surface area contributed by atoms with Gasteiger partial charge < -0.3 is 14.2 Å². The number of amides is 1. The van der Waals surface area contributed by atoms with Crippen molar-refractivity contribution in [2.75, 3.05) is 25.7 Å². The lowest BCUT2D eigenvalue weighted by Crippen LogP contribution is -2.43. The molecule has 2 aliphatic heterocycles. The molecular formula is C23H22F3N5O4. The molecule has 0 radical (unpaired) electrons. The molecule has 3 aromatic rings. The van der Waals surface area contributed by atoms with Gasteiger partial charge in [0.15, 0.2) is 11.5 Å². The Kier molecular flexibility index (Phi) is 5.42. The van der Waals surface area contributed by atoms with Crippen molar-refractivity contribution < 1.29 is 32.2 Å². The molecule has 0 N–H and O–H groups in total. The number of methoxy groups -OCH3 is 2. The van der Waals surface area contributed by atoms with Gasteiger partial charge in [-0.05, 0) is 31.0 Å². The van der Waals surface area contributed by atoms with E-state index in [9.17, 15) is 18.0 Å². The number of rotatable bonds is 5. The number of aromatic nitrogens is 4. The molecule has 1 fully saturated rings. The molecule has 1 spiro atoms. The van der Waals surface area contributed by atoms with Gasteiger partial charge in [0.1, 0.15) is 12.2 Å². The van der Waals surface area contributed by atoms with E-state index < -0.39 is 24.4 Å². The minimum Gasteiger partial charge on any atom is -0.491 e. The van der Waals surface area contributed by atoms with Crippen LogP contribution in [0.25, 0.3) is 11.3 Å². The van der Waals surface area contributed by atoms with Crippen LogP contribution in [0.1, 0.15) is 34.5 Å². The van der Waals surface area contributed by atoms with E-state index in [0.717, 1.165) is 4.68 Å². The fraction of sp³-hybridized carbons (Fsp3) is 0.391. The Morgan fingerprint density at radius 2 is 2.00 bits per heavy atom. The Balaban J connectivity index is 1.61. The number of hydrogen-bond donors (Lipinski definition) is 0. The van der Waals surface area contributed by atoms with Crippen molar-refractivity contribution in [1.82, 2.24) is 19.7 Å². The van der Waals surface area contributed by atoms with Crippen LogP contribution < -0.4 is 14.4 Å². The number of carbonyl (C=O) groups is 1. The van der Waals surface area contributed by atoms with Crippen molar-refractivity contribution in [2.45, 2.75) is 38.2 Å². The molecule has 184 valence electrons. The number of anilines is 1. The van der Waals surface area contributed by atoms with E-state index in [4.69, 9.17) is 19.2 Å². The molecule has 12 heteroatoms. The molecule has 1 unspecified atom stereocenters. The van der Waals surface area contributed by atoms with E-state index in [1.54, 1.807) is 25.3 Å². The molecule has 1 atom stereocenters. The number of fused-ring (bicyclic) bond motifs is 2. The van der Waals surface area contributed by atoms with Crippen LogP contribution in [0.3, 0.4) is 0 Å². The second-order valence-electron chi connectivity index (χ2n) is 8.37. The smallest absolute Gasteiger partial charge is 0.408 e. The molecule has 5 rings (SSSR count). The van der Waals surface area contributed by atoms with Crippen LogP contribution in [0.4, 0.5) is 18.9 Å². The normalized spacial score (nSPS) is 19.5. The van der Waals surface area contributed by atoms with Gasteiger partial charge in [-0.25, -0.2) is 9.97 Å². The minimum absolute atomic E-state index is 0.216. The lowest BCUT2D eigenvalue weighted by atomic mass is 9.99. The van der Waals surface area contributed by atoms with Crippen LogP contribution in [-0.4, -0.2) is 52.7 Å². The first kappa shape index (κ1) is 23.1. The highest BCUT2D eigenvalue weighted by Gasteiger charge is 2.56. The number of alkyl halides is 3. The van der Waals surface area contributed by atoms with Crippen LogP contribution in [-0.2, 0) is 17.0 Å². The molecule has 1 amide bonds. The lowest BCUT2D eigenvalue weighted by molar-refractivity contribution is -0.142. The second kappa shape index (κ2) is 8.22. The second-order valence-corrected chi connectivity index (χ2v) is 8.37. The fourth-order valence-corrected chi connectivity index (χ4v) is 4.68. The highest BCUT2D eigenvalue weighted by atomic mass is 19.4. The minimum atomic E-state index is -4.44. The van der Waals surface area contributed by atoms with E-state index in [-0.39, 0.29) is 5.69 Å². The van der Waals surface area contributed by atoms with E-state index in [0.29, 0.717) is 59.2 Å². The van der Waals surface area contributed by atoms with Crippen molar-refractivity contribution in [3.63, 3.8) is 0 Å². The maximum atomic E-state index is 13.6. The van der Waals surface area contributed by atoms with Crippen LogP contribution in [0.2, 0.25) is 0 Å². The molecular weight excluding hydrogens is 467 g/mol. The summed E-state index contributed by atoms with van der Waals surface area (Å²) < 4.78 is 56.1. The number of ether oxygens (including phenoxy) is 3. The van der Waals surface area contributed by atoms with E-state index in [1.165, 1.54) is 31.5 Å². The maximum absolute atomic E-state index is 13.6. The summed E-state index contributed by atoms with van der Waals surface area (Å²) in [5, 5.41) is 3.81. The van der Waals surface area contributed by atoms with E-state index in [1.807, 2.05) is 0 Å². The van der Waals surface area contributed by atoms with Crippen molar-refractivity contribution >= 4 is 11.6 Å². The quantitative estimate of drug-likeness (QED) is 0.538. The largest absolute Gasteiger partial charge is 0.491 e. The summed E-state index contributed by atoms with van der Waals surface area (Å²) in [6.07, 6.45) is 0.693. The average molecular weight is 489 g/mol. The van der Waals surface area contributed by atoms with Crippen molar-refractivity contribution in [3.05, 3.63) is 47.5 Å². The van der Waals surface area contributed by atoms with Gasteiger partial charge in [0.05, 0.1) is 44.0 Å². The SMILES string of the molecule is COc1cc(-c2cc(C)c3c(n2)C2(CCCO2)N(c2cnn(CC(F)(F)F)c2)C3=O)cnc1OC. The number of carbonyl (C=O) groups excluding carboxylic acids is 1. The first-order chi connectivity index (χ1) is 16.7. The molecule has 2 aliphatic rings. The van der Waals surface area contributed by atoms with E-state index >= 15 is 0 Å². The number of nitrogens with zero attached hydrogens (tertiary/aromatic N) is 5. The van der Waals surface area contributed by atoms with Crippen molar-refractivity contribution in [1.29, 1.82) is 0 Å². The summed E-state index contributed by atoms with van der Waals surface area (Å²) in [5.41, 5.74) is 1.62. The Hall–Kier alpha value is -3.67. The fourth-order valence-electron chi connectivity index (χ4n) is 4.68. The molecule has 0 aromatic carbocycles. The van der Waals surface area contributed by atoms with Gasteiger partial charge in [-0.15, -0.1) is 0 Å². The number of hydrogen-bond acceptors (Lipinski definition) is 7. The predicted molar refractivity (Wildman–Crippen MR) is 117 cm³/mol. The third-order valence-electron chi connectivity index (χ3n) is 6.11. The van der Waals surface area contributed by atoms with Gasteiger partial charge in [-0.2, -0.15) is 18.3 Å². The molecule has 1 saturated heterocycles. The van der Waals surface area contributed by atoms with Crippen molar-refractivity contribution in [3.8, 4) is 22.9 Å². The van der Waals surface area contributed by atoms with Crippen LogP contribution in [0, 0.1) is 6.92 Å². The molecule has 5 heterocycles. The zero-order valence-corrected chi connectivity index (χ0v) is 19.2. The highest BCUT2D eigenvalue weighted by Crippen LogP contribution is 2.49. The predicted octanol–water partition coefficient (Wildman–Crippen LogP) is 3.85. The first-order valence-electron chi connectivity index (χ1n) is 10.8. The van der Waals surface area contributed by atoms with Crippen LogP contribution >= 0.6 is 0 Å². The molecule has 3 aromatic heterocycles. The topological polar surface area (TPSA) is 91.6 Å². The zero-order chi connectivity index (χ0) is 25.0. The summed E-state index contributed by atoms with van der Waals surface area (Å²) in [4.78, 5) is 24.1. The van der Waals surface area contributed by atoms with E-state index in [2.05, 4.69) is 10.1 Å². The summed E-state index contributed by atoms with van der Waals surface area (Å²) in [7, 11) is 2.99. The first-order valence-corrected chi connectivity index (χ1v) is 10.8. The summed E-state index contributed by atoms with van der Waals surface area (Å²) >= 11 is 0. The Bertz CT molecular complexity index is 1300. The van der Waals surface area contributed by atoms with Crippen molar-refractivity contribution in [2.24, 2.45) is 0 Å². The summed E-state index contributed by atoms with van der Waals surface area (Å²) in [5.74, 6) is 0.351. The van der Waals surface area contributed by atoms with Gasteiger partial charge >= 0.3 is 6.18 Å². The lowest BCUT2D eigenvalue weighted by Gasteiger charge is -2.33. The number of halogens is 3. The molecule has 35 heavy (non-hydrogen) atoms. The third-order valence-corrected chi connectivity index (χ3v) is 6.11. The van der Waals surface area contributed by atoms with Crippen LogP contribution in [0.5, 0.6) is 11.6 Å². The van der Waals surface area contributed by atoms with Gasteiger partial charge in [-0.3, -0.25) is 14.4 Å². The van der Waals surface area contributed by atoms with Gasteiger partial charge in [0.25, 0.3) is 11.8 Å². The average Bonchev–Trinajstić information content (AvgIpc) is 3.52. The highest BCUT2D eigenvalue weighted by molar-refractivity contribution is 6.12. The summed E-state index contributed by atoms with van der Waals surface area (Å²) in [6, 6.07) is 3.50. The summed E-state index contributed by atoms with van der Waals surface area (Å²) in [6.45, 7) is 0.904.